The third kappa shape index (κ3) is 4.86. The third-order valence-corrected chi connectivity index (χ3v) is 4.90. The van der Waals surface area contributed by atoms with Gasteiger partial charge in [-0.2, -0.15) is 5.10 Å². The average molecular weight is 379 g/mol. The van der Waals surface area contributed by atoms with Crippen molar-refractivity contribution in [3.8, 4) is 11.3 Å². The Morgan fingerprint density at radius 2 is 1.89 bits per heavy atom. The summed E-state index contributed by atoms with van der Waals surface area (Å²) in [4.78, 5) is 25.5. The number of carbonyl (C=O) groups excluding carboxylic acids is 1. The zero-order chi connectivity index (χ0) is 19.2. The number of nitrogens with one attached hydrogen (secondary N) is 1. The lowest BCUT2D eigenvalue weighted by atomic mass is 10.1. The fourth-order valence-electron chi connectivity index (χ4n) is 2.66. The van der Waals surface area contributed by atoms with Gasteiger partial charge in [-0.25, -0.2) is 4.68 Å². The summed E-state index contributed by atoms with van der Waals surface area (Å²) in [7, 11) is 0. The summed E-state index contributed by atoms with van der Waals surface area (Å²) in [5.41, 5.74) is 3.20. The first-order chi connectivity index (χ1) is 13.1. The maximum absolute atomic E-state index is 12.3. The van der Waals surface area contributed by atoms with E-state index in [4.69, 9.17) is 0 Å². The molecular formula is C21H21N3O2S. The summed E-state index contributed by atoms with van der Waals surface area (Å²) in [6.07, 6.45) is 2.94. The molecule has 5 nitrogen and oxygen atoms in total. The number of nitrogens with zero attached hydrogens (tertiary/aromatic N) is 2. The van der Waals surface area contributed by atoms with Crippen LogP contribution in [0.15, 0.2) is 70.4 Å². The van der Waals surface area contributed by atoms with Gasteiger partial charge in [0.15, 0.2) is 0 Å². The van der Waals surface area contributed by atoms with Crippen LogP contribution in [0.2, 0.25) is 0 Å². The van der Waals surface area contributed by atoms with Crippen molar-refractivity contribution in [3.63, 3.8) is 0 Å². The van der Waals surface area contributed by atoms with Crippen LogP contribution in [-0.4, -0.2) is 21.9 Å². The van der Waals surface area contributed by atoms with E-state index < -0.39 is 0 Å². The molecule has 0 unspecified atom stereocenters. The molecule has 0 aliphatic heterocycles. The van der Waals surface area contributed by atoms with E-state index in [1.165, 1.54) is 16.3 Å². The van der Waals surface area contributed by atoms with Gasteiger partial charge in [0, 0.05) is 22.2 Å². The molecule has 2 aromatic carbocycles. The molecular weight excluding hydrogens is 358 g/mol. The Morgan fingerprint density at radius 1 is 1.11 bits per heavy atom. The van der Waals surface area contributed by atoms with Crippen molar-refractivity contribution in [1.82, 2.24) is 9.78 Å². The molecule has 0 fully saturated rings. The molecule has 6 heteroatoms. The van der Waals surface area contributed by atoms with E-state index in [9.17, 15) is 9.59 Å². The molecule has 3 rings (SSSR count). The molecule has 0 saturated heterocycles. The molecule has 0 bridgehead atoms. The molecule has 0 saturated carbocycles. The van der Waals surface area contributed by atoms with E-state index in [2.05, 4.69) is 17.3 Å². The van der Waals surface area contributed by atoms with Gasteiger partial charge < -0.3 is 5.32 Å². The highest BCUT2D eigenvalue weighted by Crippen LogP contribution is 2.19. The Balaban J connectivity index is 1.77. The Bertz CT molecular complexity index is 997. The molecule has 27 heavy (non-hydrogen) atoms. The second kappa shape index (κ2) is 8.68. The van der Waals surface area contributed by atoms with Crippen LogP contribution in [0.3, 0.4) is 0 Å². The molecule has 3 aromatic rings. The van der Waals surface area contributed by atoms with Crippen molar-refractivity contribution in [2.45, 2.75) is 24.8 Å². The predicted molar refractivity (Wildman–Crippen MR) is 110 cm³/mol. The fraction of sp³-hybridized carbons (Fsp3) is 0.190. The number of aromatic nitrogens is 2. The van der Waals surface area contributed by atoms with Crippen molar-refractivity contribution in [2.24, 2.45) is 0 Å². The van der Waals surface area contributed by atoms with Gasteiger partial charge in [0.05, 0.1) is 5.69 Å². The van der Waals surface area contributed by atoms with Gasteiger partial charge in [-0.15, -0.1) is 11.8 Å². The van der Waals surface area contributed by atoms with Crippen LogP contribution < -0.4 is 10.9 Å². The fourth-order valence-corrected chi connectivity index (χ4v) is 3.12. The number of amides is 1. The molecule has 1 heterocycles. The first-order valence-corrected chi connectivity index (χ1v) is 9.93. The minimum atomic E-state index is -0.308. The van der Waals surface area contributed by atoms with E-state index in [-0.39, 0.29) is 18.0 Å². The van der Waals surface area contributed by atoms with E-state index in [1.54, 1.807) is 17.8 Å². The Kier molecular flexibility index (Phi) is 6.08. The Hall–Kier alpha value is -2.86. The molecule has 1 aromatic heterocycles. The van der Waals surface area contributed by atoms with E-state index in [1.807, 2.05) is 54.8 Å². The van der Waals surface area contributed by atoms with Crippen molar-refractivity contribution in [2.75, 3.05) is 11.6 Å². The van der Waals surface area contributed by atoms with Crippen LogP contribution >= 0.6 is 11.8 Å². The quantitative estimate of drug-likeness (QED) is 0.661. The summed E-state index contributed by atoms with van der Waals surface area (Å²) in [5.74, 6) is -0.290. The maximum Gasteiger partial charge on any atom is 0.267 e. The van der Waals surface area contributed by atoms with Crippen molar-refractivity contribution >= 4 is 23.4 Å². The lowest BCUT2D eigenvalue weighted by molar-refractivity contribution is -0.117. The van der Waals surface area contributed by atoms with Crippen LogP contribution in [-0.2, 0) is 17.8 Å². The minimum absolute atomic E-state index is 0.136. The van der Waals surface area contributed by atoms with E-state index in [0.717, 1.165) is 16.9 Å². The monoisotopic (exact) mass is 379 g/mol. The topological polar surface area (TPSA) is 64.0 Å². The first-order valence-electron chi connectivity index (χ1n) is 8.70. The number of thioether (sulfide) groups is 1. The van der Waals surface area contributed by atoms with Gasteiger partial charge in [-0.3, -0.25) is 9.59 Å². The van der Waals surface area contributed by atoms with Gasteiger partial charge in [-0.05, 0) is 42.5 Å². The first kappa shape index (κ1) is 18.9. The molecule has 0 atom stereocenters. The van der Waals surface area contributed by atoms with Crippen LogP contribution in [0, 0.1) is 0 Å². The van der Waals surface area contributed by atoms with Crippen molar-refractivity contribution in [1.29, 1.82) is 0 Å². The predicted octanol–water partition coefficient (Wildman–Crippen LogP) is 3.83. The second-order valence-corrected chi connectivity index (χ2v) is 6.92. The van der Waals surface area contributed by atoms with Crippen LogP contribution in [0.5, 0.6) is 0 Å². The van der Waals surface area contributed by atoms with E-state index in [0.29, 0.717) is 11.4 Å². The summed E-state index contributed by atoms with van der Waals surface area (Å²) in [6.45, 7) is 1.96. The van der Waals surface area contributed by atoms with Gasteiger partial charge in [0.1, 0.15) is 6.54 Å². The molecule has 1 amide bonds. The summed E-state index contributed by atoms with van der Waals surface area (Å²) < 4.78 is 1.19. The largest absolute Gasteiger partial charge is 0.324 e. The van der Waals surface area contributed by atoms with Crippen molar-refractivity contribution in [3.05, 3.63) is 76.6 Å². The molecule has 0 aliphatic carbocycles. The number of hydrogen-bond donors (Lipinski definition) is 1. The molecule has 0 aliphatic rings. The van der Waals surface area contributed by atoms with Crippen LogP contribution in [0.4, 0.5) is 5.69 Å². The zero-order valence-electron chi connectivity index (χ0n) is 15.3. The number of aryl methyl sites for hydroxylation is 1. The Morgan fingerprint density at radius 3 is 2.59 bits per heavy atom. The zero-order valence-corrected chi connectivity index (χ0v) is 16.1. The molecule has 138 valence electrons. The highest BCUT2D eigenvalue weighted by molar-refractivity contribution is 7.98. The summed E-state index contributed by atoms with van der Waals surface area (Å²) in [5, 5.41) is 7.17. The molecule has 0 spiro atoms. The van der Waals surface area contributed by atoms with Gasteiger partial charge >= 0.3 is 0 Å². The number of rotatable bonds is 6. The van der Waals surface area contributed by atoms with Crippen LogP contribution in [0.1, 0.15) is 12.5 Å². The smallest absolute Gasteiger partial charge is 0.267 e. The standard InChI is InChI=1S/C21H21N3O2S/c1-3-15-7-9-16(10-8-15)19-11-12-21(26)24(23-19)14-20(25)22-17-5-4-6-18(13-17)27-2/h4-13H,3,14H2,1-2H3,(H,22,25). The van der Waals surface area contributed by atoms with Gasteiger partial charge in [-0.1, -0.05) is 37.3 Å². The van der Waals surface area contributed by atoms with Gasteiger partial charge in [0.25, 0.3) is 5.56 Å². The maximum atomic E-state index is 12.3. The number of benzene rings is 2. The lowest BCUT2D eigenvalue weighted by Gasteiger charge is -2.09. The highest BCUT2D eigenvalue weighted by atomic mass is 32.2. The molecule has 1 N–H and O–H groups in total. The average Bonchev–Trinajstić information content (AvgIpc) is 2.70. The SMILES string of the molecule is CCc1ccc(-c2ccc(=O)n(CC(=O)Nc3cccc(SC)c3)n2)cc1. The normalized spacial score (nSPS) is 10.6. The molecule has 0 radical (unpaired) electrons. The number of hydrogen-bond acceptors (Lipinski definition) is 4. The second-order valence-electron chi connectivity index (χ2n) is 6.05. The number of carbonyl (C=O) groups is 1. The van der Waals surface area contributed by atoms with Crippen molar-refractivity contribution < 1.29 is 4.79 Å². The van der Waals surface area contributed by atoms with Crippen LogP contribution in [0.25, 0.3) is 11.3 Å². The summed E-state index contributed by atoms with van der Waals surface area (Å²) in [6, 6.07) is 18.7. The summed E-state index contributed by atoms with van der Waals surface area (Å²) >= 11 is 1.60. The minimum Gasteiger partial charge on any atom is -0.324 e. The highest BCUT2D eigenvalue weighted by Gasteiger charge is 2.09. The number of anilines is 1. The Labute approximate surface area is 162 Å². The third-order valence-electron chi connectivity index (χ3n) is 4.17. The van der Waals surface area contributed by atoms with Gasteiger partial charge in [0.2, 0.25) is 5.91 Å². The van der Waals surface area contributed by atoms with E-state index >= 15 is 0 Å². The lowest BCUT2D eigenvalue weighted by Crippen LogP contribution is -2.29.